The van der Waals surface area contributed by atoms with Crippen LogP contribution in [-0.4, -0.2) is 50.8 Å². The lowest BCUT2D eigenvalue weighted by molar-refractivity contribution is -0.121. The quantitative estimate of drug-likeness (QED) is 0.667. The summed E-state index contributed by atoms with van der Waals surface area (Å²) in [6.45, 7) is 4.40. The van der Waals surface area contributed by atoms with Crippen LogP contribution in [0.25, 0.3) is 0 Å². The van der Waals surface area contributed by atoms with Gasteiger partial charge in [0.25, 0.3) is 5.91 Å². The second kappa shape index (κ2) is 9.40. The maximum absolute atomic E-state index is 13.4. The number of fused-ring (bicyclic) bond motifs is 1. The van der Waals surface area contributed by atoms with Gasteiger partial charge in [0.1, 0.15) is 11.5 Å². The van der Waals surface area contributed by atoms with Gasteiger partial charge >= 0.3 is 0 Å². The normalized spacial score (nSPS) is 18.6. The lowest BCUT2D eigenvalue weighted by Crippen LogP contribution is -2.43. The van der Waals surface area contributed by atoms with Crippen molar-refractivity contribution in [1.82, 2.24) is 4.31 Å². The van der Waals surface area contributed by atoms with E-state index in [4.69, 9.17) is 9.47 Å². The van der Waals surface area contributed by atoms with Crippen LogP contribution in [-0.2, 0) is 19.6 Å². The van der Waals surface area contributed by atoms with E-state index in [2.05, 4.69) is 10.6 Å². The van der Waals surface area contributed by atoms with Gasteiger partial charge in [-0.25, -0.2) is 8.42 Å². The van der Waals surface area contributed by atoms with Crippen LogP contribution < -0.4 is 20.1 Å². The largest absolute Gasteiger partial charge is 0.494 e. The highest BCUT2D eigenvalue weighted by molar-refractivity contribution is 7.89. The van der Waals surface area contributed by atoms with Gasteiger partial charge in [-0.15, -0.1) is 0 Å². The number of carbonyl (C=O) groups excluding carboxylic acids is 2. The van der Waals surface area contributed by atoms with Gasteiger partial charge in [-0.3, -0.25) is 9.59 Å². The smallest absolute Gasteiger partial charge is 0.262 e. The number of hydrogen-bond donors (Lipinski definition) is 2. The van der Waals surface area contributed by atoms with E-state index >= 15 is 0 Å². The van der Waals surface area contributed by atoms with Crippen LogP contribution >= 0.6 is 0 Å². The molecule has 2 aliphatic rings. The maximum Gasteiger partial charge on any atom is 0.262 e. The summed E-state index contributed by atoms with van der Waals surface area (Å²) in [7, 11) is -3.85. The predicted octanol–water partition coefficient (Wildman–Crippen LogP) is 2.76. The number of nitrogens with one attached hydrogen (secondary N) is 2. The molecule has 0 unspecified atom stereocenters. The molecular weight excluding hydrogens is 446 g/mol. The van der Waals surface area contributed by atoms with Crippen LogP contribution in [0, 0.1) is 12.8 Å². The summed E-state index contributed by atoms with van der Waals surface area (Å²) in [4.78, 5) is 24.5. The molecule has 2 aromatic rings. The number of anilines is 2. The average molecular weight is 474 g/mol. The molecule has 0 aliphatic carbocycles. The van der Waals surface area contributed by atoms with Crippen molar-refractivity contribution in [2.24, 2.45) is 5.92 Å². The Kier molecular flexibility index (Phi) is 6.57. The number of amides is 2. The van der Waals surface area contributed by atoms with Gasteiger partial charge in [0.2, 0.25) is 15.9 Å². The molecular formula is C23H27N3O6S. The molecule has 4 rings (SSSR count). The van der Waals surface area contributed by atoms with Gasteiger partial charge in [0.15, 0.2) is 6.61 Å². The molecule has 9 nitrogen and oxygen atoms in total. The van der Waals surface area contributed by atoms with Crippen molar-refractivity contribution >= 4 is 33.2 Å². The van der Waals surface area contributed by atoms with Crippen molar-refractivity contribution in [3.63, 3.8) is 0 Å². The Balaban J connectivity index is 1.48. The minimum absolute atomic E-state index is 0.0965. The highest BCUT2D eigenvalue weighted by Crippen LogP contribution is 2.35. The van der Waals surface area contributed by atoms with E-state index in [1.807, 2.05) is 6.92 Å². The van der Waals surface area contributed by atoms with Gasteiger partial charge < -0.3 is 20.1 Å². The fourth-order valence-electron chi connectivity index (χ4n) is 4.05. The molecule has 2 N–H and O–H groups in total. The Bertz CT molecular complexity index is 1160. The molecule has 2 heterocycles. The van der Waals surface area contributed by atoms with Crippen LogP contribution in [0.5, 0.6) is 11.5 Å². The molecule has 0 aromatic heterocycles. The minimum atomic E-state index is -3.85. The number of carbonyl (C=O) groups is 2. The van der Waals surface area contributed by atoms with E-state index < -0.39 is 15.9 Å². The lowest BCUT2D eigenvalue weighted by Gasteiger charge is -2.32. The summed E-state index contributed by atoms with van der Waals surface area (Å²) in [6, 6.07) is 10.1. The molecule has 176 valence electrons. The van der Waals surface area contributed by atoms with Crippen molar-refractivity contribution < 1.29 is 27.5 Å². The number of ether oxygens (including phenoxy) is 2. The van der Waals surface area contributed by atoms with Crippen molar-refractivity contribution in [1.29, 1.82) is 0 Å². The van der Waals surface area contributed by atoms with Crippen LogP contribution in [0.3, 0.4) is 0 Å². The summed E-state index contributed by atoms with van der Waals surface area (Å²) >= 11 is 0. The lowest BCUT2D eigenvalue weighted by atomic mass is 9.99. The number of hydrogen-bond acceptors (Lipinski definition) is 6. The van der Waals surface area contributed by atoms with E-state index in [0.717, 1.165) is 5.75 Å². The number of nitrogens with zero attached hydrogens (tertiary/aromatic N) is 1. The van der Waals surface area contributed by atoms with Crippen molar-refractivity contribution in [3.8, 4) is 11.5 Å². The fourth-order valence-corrected chi connectivity index (χ4v) is 5.80. The zero-order valence-corrected chi connectivity index (χ0v) is 19.4. The first-order valence-electron chi connectivity index (χ1n) is 10.9. The topological polar surface area (TPSA) is 114 Å². The maximum atomic E-state index is 13.4. The van der Waals surface area contributed by atoms with Gasteiger partial charge in [-0.1, -0.05) is 0 Å². The van der Waals surface area contributed by atoms with E-state index in [9.17, 15) is 18.0 Å². The van der Waals surface area contributed by atoms with Crippen LogP contribution in [0.15, 0.2) is 41.3 Å². The van der Waals surface area contributed by atoms with E-state index in [1.54, 1.807) is 37.3 Å². The third-order valence-electron chi connectivity index (χ3n) is 5.72. The van der Waals surface area contributed by atoms with Gasteiger partial charge in [0.05, 0.1) is 23.1 Å². The zero-order valence-electron chi connectivity index (χ0n) is 18.6. The Labute approximate surface area is 193 Å². The number of rotatable bonds is 6. The monoisotopic (exact) mass is 473 g/mol. The SMILES string of the molecule is CCOc1ccc(NC(=O)[C@H]2CCCN(S(=O)(=O)c3cc4c(cc3C)NC(=O)CO4)C2)cc1. The molecule has 10 heteroatoms. The first kappa shape index (κ1) is 23.1. The van der Waals surface area contributed by atoms with E-state index in [-0.39, 0.29) is 29.9 Å². The first-order valence-corrected chi connectivity index (χ1v) is 12.3. The third-order valence-corrected chi connectivity index (χ3v) is 7.72. The highest BCUT2D eigenvalue weighted by Gasteiger charge is 2.35. The standard InChI is InChI=1S/C23H27N3O6S/c1-3-31-18-8-6-17(7-9-18)24-23(28)16-5-4-10-26(13-16)33(29,30)21-12-20-19(11-15(21)2)25-22(27)14-32-20/h6-9,11-12,16H,3-5,10,13-14H2,1-2H3,(H,24,28)(H,25,27)/t16-/m0/s1. The Morgan fingerprint density at radius 3 is 2.76 bits per heavy atom. The van der Waals surface area contributed by atoms with Gasteiger partial charge in [-0.05, 0) is 62.6 Å². The number of piperidine rings is 1. The Morgan fingerprint density at radius 2 is 2.03 bits per heavy atom. The molecule has 2 amide bonds. The third kappa shape index (κ3) is 4.96. The predicted molar refractivity (Wildman–Crippen MR) is 123 cm³/mol. The molecule has 1 atom stereocenters. The van der Waals surface area contributed by atoms with Crippen molar-refractivity contribution in [2.75, 3.05) is 36.9 Å². The fraction of sp³-hybridized carbons (Fsp3) is 0.391. The Hall–Kier alpha value is -3.11. The van der Waals surface area contributed by atoms with E-state index in [1.165, 1.54) is 10.4 Å². The minimum Gasteiger partial charge on any atom is -0.494 e. The second-order valence-corrected chi connectivity index (χ2v) is 10.0. The average Bonchev–Trinajstić information content (AvgIpc) is 2.80. The number of benzene rings is 2. The number of aryl methyl sites for hydroxylation is 1. The second-order valence-electron chi connectivity index (χ2n) is 8.10. The molecule has 2 aromatic carbocycles. The molecule has 33 heavy (non-hydrogen) atoms. The van der Waals surface area contributed by atoms with Gasteiger partial charge in [0, 0.05) is 24.8 Å². The number of sulfonamides is 1. The molecule has 0 radical (unpaired) electrons. The molecule has 0 bridgehead atoms. The molecule has 0 saturated carbocycles. The summed E-state index contributed by atoms with van der Waals surface area (Å²) < 4.78 is 39.0. The highest BCUT2D eigenvalue weighted by atomic mass is 32.2. The van der Waals surface area contributed by atoms with E-state index in [0.29, 0.717) is 48.7 Å². The summed E-state index contributed by atoms with van der Waals surface area (Å²) in [5.74, 6) is 0.0748. The van der Waals surface area contributed by atoms with Gasteiger partial charge in [-0.2, -0.15) is 4.31 Å². The summed E-state index contributed by atoms with van der Waals surface area (Å²) in [5.41, 5.74) is 1.59. The zero-order chi connectivity index (χ0) is 23.6. The molecule has 0 spiro atoms. The van der Waals surface area contributed by atoms with Crippen molar-refractivity contribution in [2.45, 2.75) is 31.6 Å². The summed E-state index contributed by atoms with van der Waals surface area (Å²) in [6.07, 6.45) is 1.18. The molecule has 2 aliphatic heterocycles. The van der Waals surface area contributed by atoms with Crippen LogP contribution in [0.4, 0.5) is 11.4 Å². The van der Waals surface area contributed by atoms with Crippen molar-refractivity contribution in [3.05, 3.63) is 42.0 Å². The molecule has 1 fully saturated rings. The first-order chi connectivity index (χ1) is 15.8. The molecule has 1 saturated heterocycles. The van der Waals surface area contributed by atoms with Crippen LogP contribution in [0.2, 0.25) is 0 Å². The van der Waals surface area contributed by atoms with Crippen LogP contribution in [0.1, 0.15) is 25.3 Å². The Morgan fingerprint density at radius 1 is 1.27 bits per heavy atom. The summed E-state index contributed by atoms with van der Waals surface area (Å²) in [5, 5.41) is 5.55.